The van der Waals surface area contributed by atoms with Gasteiger partial charge in [-0.1, -0.05) is 123 Å². The molecular weight excluding hydrogens is 1150 g/mol. The first kappa shape index (κ1) is 60.4. The van der Waals surface area contributed by atoms with E-state index in [1.165, 1.54) is 109 Å². The van der Waals surface area contributed by atoms with Crippen molar-refractivity contribution in [3.05, 3.63) is 250 Å². The Labute approximate surface area is 494 Å². The number of benzene rings is 10. The summed E-state index contributed by atoms with van der Waals surface area (Å²) in [6.07, 6.45) is 0. The molecule has 0 amide bonds. The number of rotatable bonds is 13. The molecule has 0 unspecified atom stereocenters. The van der Waals surface area contributed by atoms with Crippen LogP contribution < -0.4 is 52.8 Å². The quantitative estimate of drug-likeness (QED) is 0.0891. The molecule has 1 atom stereocenters. The molecule has 9 heteroatoms. The fourth-order valence-electron chi connectivity index (χ4n) is 11.7. The number of ether oxygens (including phenoxy) is 2. The number of hydrogen-bond donors (Lipinski definition) is 2. The zero-order chi connectivity index (χ0) is 57.4. The van der Waals surface area contributed by atoms with E-state index in [2.05, 4.69) is 215 Å². The van der Waals surface area contributed by atoms with Crippen LogP contribution in [-0.4, -0.2) is 20.3 Å². The predicted octanol–water partition coefficient (Wildman–Crippen LogP) is 15.4. The van der Waals surface area contributed by atoms with Gasteiger partial charge in [0.05, 0.1) is 35.6 Å². The minimum absolute atomic E-state index is 0.226. The first-order valence-corrected chi connectivity index (χ1v) is 34.7. The molecule has 10 aromatic rings. The van der Waals surface area contributed by atoms with Crippen LogP contribution in [0.25, 0.3) is 32.7 Å². The third-order valence-electron chi connectivity index (χ3n) is 15.1. The Balaban J connectivity index is 0.000000270. The second-order valence-electron chi connectivity index (χ2n) is 21.8. The minimum atomic E-state index is -1.49. The summed E-state index contributed by atoms with van der Waals surface area (Å²) in [7, 11) is 10.0. The van der Waals surface area contributed by atoms with Crippen LogP contribution >= 0.6 is 35.2 Å². The van der Waals surface area contributed by atoms with E-state index in [1.54, 1.807) is 14.2 Å². The summed E-state index contributed by atoms with van der Waals surface area (Å²) in [5.74, 6) is 1.82. The van der Waals surface area contributed by atoms with Crippen LogP contribution in [0.1, 0.15) is 69.5 Å². The van der Waals surface area contributed by atoms with Crippen molar-refractivity contribution in [1.82, 2.24) is 0 Å². The molecule has 0 aliphatic heterocycles. The van der Waals surface area contributed by atoms with Crippen LogP contribution in [0.5, 0.6) is 11.5 Å². The van der Waals surface area contributed by atoms with Crippen molar-refractivity contribution in [2.45, 2.75) is 80.8 Å². The van der Waals surface area contributed by atoms with Gasteiger partial charge in [0.1, 0.15) is 43.3 Å². The normalized spacial score (nSPS) is 11.9. The van der Waals surface area contributed by atoms with E-state index < -0.39 is 21.4 Å². The van der Waals surface area contributed by atoms with Crippen molar-refractivity contribution in [2.24, 2.45) is 17.4 Å². The van der Waals surface area contributed by atoms with Gasteiger partial charge in [-0.3, -0.25) is 0 Å². The van der Waals surface area contributed by atoms with E-state index in [-0.39, 0.29) is 27.1 Å². The van der Waals surface area contributed by atoms with E-state index in [0.29, 0.717) is 0 Å². The second-order valence-corrected chi connectivity index (χ2v) is 29.3. The molecule has 0 aliphatic rings. The molecule has 0 aliphatic carbocycles. The molecule has 10 aromatic carbocycles. The van der Waals surface area contributed by atoms with Crippen LogP contribution in [0.4, 0.5) is 0 Å². The van der Waals surface area contributed by atoms with Gasteiger partial charge in [-0.25, -0.2) is 0 Å². The Bertz CT molecular complexity index is 3350. The Morgan fingerprint density at radius 3 is 0.950 bits per heavy atom. The van der Waals surface area contributed by atoms with Gasteiger partial charge in [-0.2, -0.15) is 0 Å². The maximum absolute atomic E-state index is 6.86. The SMILES string of the molecule is COc1ccc(C(N)(c2ccc(OC)cc2)[C@H](N)C(C)C)cc1.Cc1cc(C)cc([PH+](c2cc(C)cc(C)c2)c2ccc3ccccc3c2-c2c([PH+](c3cc(C)cc(C)c3)c3cc(C)cc(C)c3)ccc3ccccc23)c1.[Cl][Ru][Cl]. The van der Waals surface area contributed by atoms with Gasteiger partial charge in [0, 0.05) is 17.2 Å². The average Bonchev–Trinajstić information content (AvgIpc) is 3.62. The van der Waals surface area contributed by atoms with Crippen molar-refractivity contribution < 1.29 is 24.6 Å². The van der Waals surface area contributed by atoms with E-state index in [0.717, 1.165) is 22.6 Å². The molecule has 80 heavy (non-hydrogen) atoms. The monoisotopic (exact) mass is 1220 g/mol. The van der Waals surface area contributed by atoms with Gasteiger partial charge in [0.15, 0.2) is 0 Å². The van der Waals surface area contributed by atoms with Crippen molar-refractivity contribution in [3.63, 3.8) is 0 Å². The summed E-state index contributed by atoms with van der Waals surface area (Å²) >= 11 is -0.346. The first-order chi connectivity index (χ1) is 38.4. The molecule has 0 spiro atoms. The van der Waals surface area contributed by atoms with Gasteiger partial charge in [0.25, 0.3) is 0 Å². The topological polar surface area (TPSA) is 70.5 Å². The third kappa shape index (κ3) is 13.6. The fourth-order valence-corrected chi connectivity index (χ4v) is 18.1. The summed E-state index contributed by atoms with van der Waals surface area (Å²) in [5, 5.41) is 13.9. The van der Waals surface area contributed by atoms with Gasteiger partial charge in [-0.15, -0.1) is 0 Å². The van der Waals surface area contributed by atoms with Gasteiger partial charge in [0.2, 0.25) is 0 Å². The predicted molar refractivity (Wildman–Crippen MR) is 350 cm³/mol. The Morgan fingerprint density at radius 1 is 0.412 bits per heavy atom. The van der Waals surface area contributed by atoms with Crippen LogP contribution in [0, 0.1) is 61.3 Å². The summed E-state index contributed by atoms with van der Waals surface area (Å²) < 4.78 is 10.5. The van der Waals surface area contributed by atoms with Crippen LogP contribution in [0.3, 0.4) is 0 Å². The van der Waals surface area contributed by atoms with Crippen LogP contribution in [-0.2, 0) is 20.7 Å². The molecule has 0 aromatic heterocycles. The number of hydrogen-bond acceptors (Lipinski definition) is 4. The summed E-state index contributed by atoms with van der Waals surface area (Å²) in [6, 6.07) is 72.2. The summed E-state index contributed by atoms with van der Waals surface area (Å²) in [5.41, 5.74) is 27.9. The van der Waals surface area contributed by atoms with Crippen molar-refractivity contribution in [3.8, 4) is 22.6 Å². The summed E-state index contributed by atoms with van der Waals surface area (Å²) in [4.78, 5) is 0. The molecule has 4 N–H and O–H groups in total. The Kier molecular flexibility index (Phi) is 20.3. The molecule has 0 bridgehead atoms. The van der Waals surface area contributed by atoms with Crippen molar-refractivity contribution in [1.29, 1.82) is 0 Å². The van der Waals surface area contributed by atoms with Crippen LogP contribution in [0.2, 0.25) is 0 Å². The zero-order valence-corrected chi connectivity index (χ0v) is 53.5. The number of methoxy groups -OCH3 is 2. The molecule has 0 saturated heterocycles. The molecule has 10 rings (SSSR count). The number of fused-ring (bicyclic) bond motifs is 2. The van der Waals surface area contributed by atoms with E-state index >= 15 is 0 Å². The molecule has 0 heterocycles. The summed E-state index contributed by atoms with van der Waals surface area (Å²) in [6.45, 7) is 22.2. The molecule has 412 valence electrons. The molecule has 0 radical (unpaired) electrons. The van der Waals surface area contributed by atoms with Gasteiger partial charge >= 0.3 is 34.5 Å². The van der Waals surface area contributed by atoms with Crippen molar-refractivity contribution in [2.75, 3.05) is 14.2 Å². The Hall–Kier alpha value is -5.70. The van der Waals surface area contributed by atoms with E-state index in [1.807, 2.05) is 48.5 Å². The second kappa shape index (κ2) is 26.9. The average molecular weight is 1220 g/mol. The first-order valence-electron chi connectivity index (χ1n) is 27.2. The van der Waals surface area contributed by atoms with E-state index in [4.69, 9.17) is 40.3 Å². The third-order valence-corrected chi connectivity index (χ3v) is 20.4. The number of halogens is 2. The van der Waals surface area contributed by atoms with Crippen LogP contribution in [0.15, 0.2) is 194 Å². The Morgan fingerprint density at radius 2 is 0.688 bits per heavy atom. The zero-order valence-electron chi connectivity index (χ0n) is 48.2. The molecule has 0 fully saturated rings. The number of nitrogens with two attached hydrogens (primary N) is 2. The number of aryl methyl sites for hydroxylation is 8. The maximum atomic E-state index is 6.86. The molecule has 4 nitrogen and oxygen atoms in total. The van der Waals surface area contributed by atoms with Gasteiger partial charge < -0.3 is 20.9 Å². The molecular formula is C71H76Cl2N2O2P2Ru+2. The van der Waals surface area contributed by atoms with E-state index in [9.17, 15) is 0 Å². The standard InChI is InChI=1S/C52H48P2.C19H26N2O2.2ClH.Ru/c1-33-21-34(2)26-43(25-33)53(44-27-35(3)22-36(4)28-44)49-19-17-41-13-9-11-15-47(41)51(49)52-48-16-12-10-14-42(48)18-20-50(52)54(45-29-37(5)23-38(6)30-45)46-31-39(7)24-40(8)32-46;1-13(2)18(20)19(21,14-5-9-16(22-3)10-6-14)15-7-11-17(23-4)12-8-15;;;/h9-32H,1-8H3;5-13,18H,20-21H2,1-4H3;2*1H;/q;;;;+2/t;18-;;;/m.1.../s1. The molecule has 0 saturated carbocycles. The van der Waals surface area contributed by atoms with Gasteiger partial charge in [-0.05, 0) is 223 Å². The van der Waals surface area contributed by atoms with Crippen molar-refractivity contribution >= 4 is 88.6 Å². The fraction of sp³-hybridized carbons (Fsp3) is 0.211.